The van der Waals surface area contributed by atoms with E-state index in [2.05, 4.69) is 81.5 Å². The molecule has 0 aromatic heterocycles. The van der Waals surface area contributed by atoms with E-state index in [1.54, 1.807) is 0 Å². The van der Waals surface area contributed by atoms with Crippen LogP contribution in [0.1, 0.15) is 278 Å². The van der Waals surface area contributed by atoms with Crippen molar-refractivity contribution in [1.82, 2.24) is 0 Å². The summed E-state index contributed by atoms with van der Waals surface area (Å²) < 4.78 is 16.8. The van der Waals surface area contributed by atoms with Crippen LogP contribution in [0.3, 0.4) is 0 Å². The fourth-order valence-electron chi connectivity index (χ4n) is 7.84. The molecule has 0 unspecified atom stereocenters. The quantitative estimate of drug-likeness (QED) is 0.0262. The fourth-order valence-corrected chi connectivity index (χ4v) is 7.84. The normalized spacial score (nSPS) is 12.5. The van der Waals surface area contributed by atoms with Gasteiger partial charge in [-0.1, -0.05) is 236 Å². The van der Waals surface area contributed by atoms with Crippen LogP contribution in [0.15, 0.2) is 60.8 Å². The molecule has 1 atom stereocenters. The standard InChI is InChI=1S/C59H104O6/c1-4-7-10-13-16-19-22-25-28-29-32-34-37-40-43-46-49-52-58(61)64-55-56(65-59(62)53-50-47-44-41-38-35-31-27-24-21-18-15-12-9-6-3)54-63-57(60)51-48-45-42-39-36-33-30-26-23-20-17-14-11-8-5-2/h9,12,18,21,25,27-28,31,38,41,56H,4-8,10-11,13-17,19-20,22-24,26,29-30,32-37,39-40,42-55H2,1-3H3/b12-9-,21-18-,28-25-,31-27-,41-38-/t56-/m1/s1. The first kappa shape index (κ1) is 62.1. The Bertz CT molecular complexity index is 1180. The van der Waals surface area contributed by atoms with Gasteiger partial charge in [-0.25, -0.2) is 0 Å². The van der Waals surface area contributed by atoms with Crippen LogP contribution in [-0.4, -0.2) is 37.2 Å². The summed E-state index contributed by atoms with van der Waals surface area (Å²) in [6.07, 6.45) is 66.4. The minimum Gasteiger partial charge on any atom is -0.462 e. The maximum absolute atomic E-state index is 12.8. The first-order chi connectivity index (χ1) is 32.0. The van der Waals surface area contributed by atoms with Gasteiger partial charge in [0.15, 0.2) is 6.10 Å². The highest BCUT2D eigenvalue weighted by atomic mass is 16.6. The van der Waals surface area contributed by atoms with Gasteiger partial charge in [0, 0.05) is 19.3 Å². The molecule has 0 aliphatic heterocycles. The van der Waals surface area contributed by atoms with Crippen molar-refractivity contribution >= 4 is 17.9 Å². The summed E-state index contributed by atoms with van der Waals surface area (Å²) in [7, 11) is 0. The first-order valence-electron chi connectivity index (χ1n) is 27.8. The predicted molar refractivity (Wildman–Crippen MR) is 279 cm³/mol. The second kappa shape index (κ2) is 53.7. The molecular weight excluding hydrogens is 805 g/mol. The van der Waals surface area contributed by atoms with Crippen molar-refractivity contribution in [2.75, 3.05) is 13.2 Å². The van der Waals surface area contributed by atoms with Gasteiger partial charge in [-0.15, -0.1) is 0 Å². The number of allylic oxidation sites excluding steroid dienone is 10. The number of ether oxygens (including phenoxy) is 3. The van der Waals surface area contributed by atoms with E-state index in [1.807, 2.05) is 0 Å². The van der Waals surface area contributed by atoms with E-state index in [1.165, 1.54) is 154 Å². The van der Waals surface area contributed by atoms with E-state index in [9.17, 15) is 14.4 Å². The Kier molecular flexibility index (Phi) is 51.3. The topological polar surface area (TPSA) is 78.9 Å². The minimum atomic E-state index is -0.795. The minimum absolute atomic E-state index is 0.0898. The smallest absolute Gasteiger partial charge is 0.306 e. The lowest BCUT2D eigenvalue weighted by Gasteiger charge is -2.18. The monoisotopic (exact) mass is 909 g/mol. The summed E-state index contributed by atoms with van der Waals surface area (Å²) >= 11 is 0. The summed E-state index contributed by atoms with van der Waals surface area (Å²) in [6.45, 7) is 6.51. The van der Waals surface area contributed by atoms with E-state index >= 15 is 0 Å². The Hall–Kier alpha value is -2.89. The highest BCUT2D eigenvalue weighted by Crippen LogP contribution is 2.16. The number of unbranched alkanes of at least 4 members (excludes halogenated alkanes) is 29. The van der Waals surface area contributed by atoms with Gasteiger partial charge >= 0.3 is 17.9 Å². The molecule has 0 saturated heterocycles. The lowest BCUT2D eigenvalue weighted by atomic mass is 10.0. The van der Waals surface area contributed by atoms with Gasteiger partial charge in [-0.3, -0.25) is 14.4 Å². The van der Waals surface area contributed by atoms with Crippen molar-refractivity contribution in [3.05, 3.63) is 60.8 Å². The lowest BCUT2D eigenvalue weighted by Crippen LogP contribution is -2.30. The number of hydrogen-bond donors (Lipinski definition) is 0. The molecule has 0 N–H and O–H groups in total. The van der Waals surface area contributed by atoms with Gasteiger partial charge < -0.3 is 14.2 Å². The molecule has 6 nitrogen and oxygen atoms in total. The zero-order valence-corrected chi connectivity index (χ0v) is 43.0. The van der Waals surface area contributed by atoms with Crippen LogP contribution in [0.5, 0.6) is 0 Å². The van der Waals surface area contributed by atoms with E-state index in [4.69, 9.17) is 14.2 Å². The van der Waals surface area contributed by atoms with E-state index in [0.29, 0.717) is 19.3 Å². The van der Waals surface area contributed by atoms with Gasteiger partial charge in [0.1, 0.15) is 13.2 Å². The van der Waals surface area contributed by atoms with E-state index < -0.39 is 6.10 Å². The molecule has 0 spiro atoms. The molecule has 0 radical (unpaired) electrons. The number of rotatable bonds is 50. The van der Waals surface area contributed by atoms with Crippen molar-refractivity contribution in [3.63, 3.8) is 0 Å². The maximum atomic E-state index is 12.8. The summed E-state index contributed by atoms with van der Waals surface area (Å²) in [6, 6.07) is 0. The number of esters is 3. The molecule has 0 aromatic carbocycles. The molecule has 0 amide bonds. The summed E-state index contributed by atoms with van der Waals surface area (Å²) in [5.41, 5.74) is 0. The molecule has 0 fully saturated rings. The Morgan fingerprint density at radius 1 is 0.323 bits per heavy atom. The van der Waals surface area contributed by atoms with Crippen LogP contribution in [0.2, 0.25) is 0 Å². The third-order valence-electron chi connectivity index (χ3n) is 12.0. The summed E-state index contributed by atoms with van der Waals surface area (Å²) in [5.74, 6) is -0.926. The van der Waals surface area contributed by atoms with Gasteiger partial charge in [0.2, 0.25) is 0 Å². The number of hydrogen-bond acceptors (Lipinski definition) is 6. The van der Waals surface area contributed by atoms with Crippen LogP contribution >= 0.6 is 0 Å². The van der Waals surface area contributed by atoms with Gasteiger partial charge in [-0.05, 0) is 83.5 Å². The fraction of sp³-hybridized carbons (Fsp3) is 0.780. The summed E-state index contributed by atoms with van der Waals surface area (Å²) in [5, 5.41) is 0. The van der Waals surface area contributed by atoms with Crippen molar-refractivity contribution in [3.8, 4) is 0 Å². The molecule has 0 heterocycles. The Morgan fingerprint density at radius 3 is 0.985 bits per heavy atom. The van der Waals surface area contributed by atoms with E-state index in [0.717, 1.165) is 77.0 Å². The van der Waals surface area contributed by atoms with Crippen LogP contribution in [0.4, 0.5) is 0 Å². The Morgan fingerprint density at radius 2 is 0.600 bits per heavy atom. The molecule has 0 rings (SSSR count). The average Bonchev–Trinajstić information content (AvgIpc) is 3.30. The third-order valence-corrected chi connectivity index (χ3v) is 12.0. The molecule has 376 valence electrons. The summed E-state index contributed by atoms with van der Waals surface area (Å²) in [4.78, 5) is 38.1. The second-order valence-corrected chi connectivity index (χ2v) is 18.5. The van der Waals surface area contributed by atoms with Gasteiger partial charge in [-0.2, -0.15) is 0 Å². The predicted octanol–water partition coefficient (Wildman–Crippen LogP) is 18.4. The maximum Gasteiger partial charge on any atom is 0.306 e. The van der Waals surface area contributed by atoms with E-state index in [-0.39, 0.29) is 37.5 Å². The number of carbonyl (C=O) groups excluding carboxylic acids is 3. The molecule has 0 aliphatic rings. The number of carbonyl (C=O) groups is 3. The zero-order chi connectivity index (χ0) is 47.2. The third kappa shape index (κ3) is 51.9. The SMILES string of the molecule is CC/C=C\C/C=C\C/C=C\C/C=C\CCCCC(=O)O[C@@H](COC(=O)CCCCCCCCC/C=C\CCCCCCCC)COC(=O)CCCCCCCCCCCCCCCCC. The van der Waals surface area contributed by atoms with Gasteiger partial charge in [0.05, 0.1) is 0 Å². The zero-order valence-electron chi connectivity index (χ0n) is 43.0. The molecule has 0 aromatic rings. The molecule has 6 heteroatoms. The molecule has 0 saturated carbocycles. The van der Waals surface area contributed by atoms with Crippen molar-refractivity contribution in [2.45, 2.75) is 284 Å². The van der Waals surface area contributed by atoms with Crippen LogP contribution in [0, 0.1) is 0 Å². The second-order valence-electron chi connectivity index (χ2n) is 18.5. The molecular formula is C59H104O6. The highest BCUT2D eigenvalue weighted by Gasteiger charge is 2.19. The highest BCUT2D eigenvalue weighted by molar-refractivity contribution is 5.71. The Balaban J connectivity index is 4.42. The van der Waals surface area contributed by atoms with Crippen LogP contribution < -0.4 is 0 Å². The van der Waals surface area contributed by atoms with Crippen LogP contribution in [-0.2, 0) is 28.6 Å². The van der Waals surface area contributed by atoms with Gasteiger partial charge in [0.25, 0.3) is 0 Å². The molecule has 65 heavy (non-hydrogen) atoms. The van der Waals surface area contributed by atoms with Crippen molar-refractivity contribution in [1.29, 1.82) is 0 Å². The molecule has 0 bridgehead atoms. The first-order valence-corrected chi connectivity index (χ1v) is 27.8. The average molecular weight is 909 g/mol. The molecule has 0 aliphatic carbocycles. The largest absolute Gasteiger partial charge is 0.462 e. The van der Waals surface area contributed by atoms with Crippen LogP contribution in [0.25, 0.3) is 0 Å². The lowest BCUT2D eigenvalue weighted by molar-refractivity contribution is -0.167. The van der Waals surface area contributed by atoms with Crippen molar-refractivity contribution in [2.24, 2.45) is 0 Å². The Labute approximate surface area is 402 Å². The van der Waals surface area contributed by atoms with Crippen molar-refractivity contribution < 1.29 is 28.6 Å².